The highest BCUT2D eigenvalue weighted by Gasteiger charge is 2.21. The third-order valence-electron chi connectivity index (χ3n) is 3.27. The van der Waals surface area contributed by atoms with Gasteiger partial charge in [0.1, 0.15) is 17.9 Å². The number of carboxylic acids is 1. The number of aryl methyl sites for hydroxylation is 1. The molecule has 0 spiro atoms. The smallest absolute Gasteiger partial charge is 0.387 e. The minimum absolute atomic E-state index is 0.0117. The second-order valence-electron chi connectivity index (χ2n) is 5.10. The summed E-state index contributed by atoms with van der Waals surface area (Å²) in [6, 6.07) is 4.05. The normalized spacial score (nSPS) is 10.8. The molecule has 1 aromatic carbocycles. The number of rotatable bonds is 7. The van der Waals surface area contributed by atoms with Gasteiger partial charge in [0.25, 0.3) is 5.91 Å². The molecular weight excluding hydrogens is 360 g/mol. The number of carboxylic acid groups (broad SMARTS) is 1. The van der Waals surface area contributed by atoms with E-state index in [-0.39, 0.29) is 34.2 Å². The Morgan fingerprint density at radius 2 is 2.12 bits per heavy atom. The molecule has 0 bridgehead atoms. The minimum Gasteiger partial charge on any atom is -0.481 e. The van der Waals surface area contributed by atoms with Gasteiger partial charge < -0.3 is 19.6 Å². The van der Waals surface area contributed by atoms with Gasteiger partial charge in [-0.25, -0.2) is 0 Å². The number of aliphatic carboxylic acids is 1. The van der Waals surface area contributed by atoms with Crippen LogP contribution in [0.4, 0.5) is 8.78 Å². The van der Waals surface area contributed by atoms with Gasteiger partial charge in [0.2, 0.25) is 0 Å². The largest absolute Gasteiger partial charge is 0.481 e. The summed E-state index contributed by atoms with van der Waals surface area (Å²) in [6.45, 7) is -1.57. The van der Waals surface area contributed by atoms with Crippen LogP contribution < -0.4 is 10.1 Å². The minimum atomic E-state index is -3.02. The zero-order valence-corrected chi connectivity index (χ0v) is 13.8. The summed E-state index contributed by atoms with van der Waals surface area (Å²) in [4.78, 5) is 23.2. The Morgan fingerprint density at radius 3 is 2.76 bits per heavy atom. The van der Waals surface area contributed by atoms with E-state index in [0.717, 1.165) is 0 Å². The van der Waals surface area contributed by atoms with Crippen molar-refractivity contribution in [3.63, 3.8) is 0 Å². The van der Waals surface area contributed by atoms with Crippen molar-refractivity contribution >= 4 is 23.5 Å². The lowest BCUT2D eigenvalue weighted by Gasteiger charge is -2.12. The molecule has 1 heterocycles. The number of benzene rings is 1. The first-order chi connectivity index (χ1) is 11.8. The fourth-order valence-corrected chi connectivity index (χ4v) is 2.43. The standard InChI is InChI=1S/C16H14ClF2NO5/c1-8-7-24-12(5-13(21)22)14(8)15(23)20-6-9-4-10(17)2-3-11(9)25-16(18)19/h2-4,7,16H,5-6H2,1H3,(H,20,23)(H,21,22). The highest BCUT2D eigenvalue weighted by atomic mass is 35.5. The van der Waals surface area contributed by atoms with Gasteiger partial charge >= 0.3 is 12.6 Å². The molecule has 0 fully saturated rings. The number of carbonyl (C=O) groups excluding carboxylic acids is 1. The quantitative estimate of drug-likeness (QED) is 0.776. The molecule has 0 atom stereocenters. The van der Waals surface area contributed by atoms with Crippen molar-refractivity contribution in [1.29, 1.82) is 0 Å². The molecule has 134 valence electrons. The molecule has 2 aromatic rings. The predicted octanol–water partition coefficient (Wildman–Crippen LogP) is 3.40. The third kappa shape index (κ3) is 4.93. The molecule has 0 unspecified atom stereocenters. The Hall–Kier alpha value is -2.61. The van der Waals surface area contributed by atoms with E-state index in [1.807, 2.05) is 0 Å². The molecule has 1 amide bonds. The van der Waals surface area contributed by atoms with Gasteiger partial charge in [-0.1, -0.05) is 11.6 Å². The topological polar surface area (TPSA) is 88.8 Å². The average Bonchev–Trinajstić information content (AvgIpc) is 2.86. The van der Waals surface area contributed by atoms with E-state index in [0.29, 0.717) is 5.56 Å². The van der Waals surface area contributed by atoms with Gasteiger partial charge in [0.15, 0.2) is 0 Å². The van der Waals surface area contributed by atoms with E-state index in [2.05, 4.69) is 10.1 Å². The Kier molecular flexibility index (Phi) is 5.97. The van der Waals surface area contributed by atoms with Crippen LogP contribution in [0, 0.1) is 6.92 Å². The van der Waals surface area contributed by atoms with Gasteiger partial charge in [0.05, 0.1) is 11.8 Å². The molecule has 9 heteroatoms. The lowest BCUT2D eigenvalue weighted by molar-refractivity contribution is -0.136. The summed E-state index contributed by atoms with van der Waals surface area (Å²) in [5, 5.41) is 11.7. The van der Waals surface area contributed by atoms with Crippen LogP contribution in [-0.2, 0) is 17.8 Å². The van der Waals surface area contributed by atoms with Crippen LogP contribution in [0.5, 0.6) is 5.75 Å². The van der Waals surface area contributed by atoms with E-state index in [1.165, 1.54) is 24.5 Å². The van der Waals surface area contributed by atoms with E-state index >= 15 is 0 Å². The first-order valence-corrected chi connectivity index (χ1v) is 7.46. The van der Waals surface area contributed by atoms with Gasteiger partial charge in [-0.3, -0.25) is 9.59 Å². The van der Waals surface area contributed by atoms with E-state index in [4.69, 9.17) is 21.1 Å². The van der Waals surface area contributed by atoms with E-state index in [1.54, 1.807) is 6.92 Å². The fraction of sp³-hybridized carbons (Fsp3) is 0.250. The Morgan fingerprint density at radius 1 is 1.40 bits per heavy atom. The van der Waals surface area contributed by atoms with Crippen molar-refractivity contribution in [1.82, 2.24) is 5.32 Å². The number of halogens is 3. The third-order valence-corrected chi connectivity index (χ3v) is 3.50. The molecule has 6 nitrogen and oxygen atoms in total. The first-order valence-electron chi connectivity index (χ1n) is 7.08. The summed E-state index contributed by atoms with van der Waals surface area (Å²) in [6.07, 6.45) is 0.825. The number of hydrogen-bond acceptors (Lipinski definition) is 4. The highest BCUT2D eigenvalue weighted by molar-refractivity contribution is 6.30. The van der Waals surface area contributed by atoms with Crippen molar-refractivity contribution in [2.45, 2.75) is 26.5 Å². The van der Waals surface area contributed by atoms with E-state index in [9.17, 15) is 18.4 Å². The maximum Gasteiger partial charge on any atom is 0.387 e. The van der Waals surface area contributed by atoms with E-state index < -0.39 is 24.9 Å². The molecule has 2 N–H and O–H groups in total. The van der Waals surface area contributed by atoms with Gasteiger partial charge in [-0.15, -0.1) is 0 Å². The van der Waals surface area contributed by atoms with Crippen molar-refractivity contribution < 1.29 is 32.6 Å². The number of carbonyl (C=O) groups is 2. The van der Waals surface area contributed by atoms with Crippen LogP contribution in [0.3, 0.4) is 0 Å². The number of amides is 1. The van der Waals surface area contributed by atoms with Crippen LogP contribution in [0.1, 0.15) is 27.2 Å². The number of nitrogens with one attached hydrogen (secondary N) is 1. The van der Waals surface area contributed by atoms with Gasteiger partial charge in [-0.2, -0.15) is 8.78 Å². The number of furan rings is 1. The molecule has 2 rings (SSSR count). The first kappa shape index (κ1) is 18.7. The molecule has 0 aliphatic heterocycles. The summed E-state index contributed by atoms with van der Waals surface area (Å²) in [5.41, 5.74) is 0.812. The maximum atomic E-state index is 12.4. The second-order valence-corrected chi connectivity index (χ2v) is 5.54. The molecule has 0 saturated heterocycles. The SMILES string of the molecule is Cc1coc(CC(=O)O)c1C(=O)NCc1cc(Cl)ccc1OC(F)F. The highest BCUT2D eigenvalue weighted by Crippen LogP contribution is 2.25. The lowest BCUT2D eigenvalue weighted by atomic mass is 10.1. The van der Waals surface area contributed by atoms with Crippen LogP contribution in [-0.4, -0.2) is 23.6 Å². The van der Waals surface area contributed by atoms with Crippen molar-refractivity contribution in [3.8, 4) is 5.75 Å². The average molecular weight is 374 g/mol. The molecular formula is C16H14ClF2NO5. The molecule has 0 radical (unpaired) electrons. The van der Waals surface area contributed by atoms with Crippen molar-refractivity contribution in [2.24, 2.45) is 0 Å². The van der Waals surface area contributed by atoms with Crippen molar-refractivity contribution in [3.05, 3.63) is 51.9 Å². The number of ether oxygens (including phenoxy) is 1. The molecule has 25 heavy (non-hydrogen) atoms. The molecule has 0 aliphatic rings. The molecule has 0 saturated carbocycles. The Labute approximate surface area is 146 Å². The Balaban J connectivity index is 2.17. The van der Waals surface area contributed by atoms with Crippen molar-refractivity contribution in [2.75, 3.05) is 0 Å². The Bertz CT molecular complexity index is 791. The van der Waals surface area contributed by atoms with Gasteiger partial charge in [-0.05, 0) is 25.1 Å². The number of hydrogen-bond donors (Lipinski definition) is 2. The predicted molar refractivity (Wildman–Crippen MR) is 84.0 cm³/mol. The van der Waals surface area contributed by atoms with Crippen LogP contribution >= 0.6 is 11.6 Å². The summed E-state index contributed by atoms with van der Waals surface area (Å²) < 4.78 is 34.4. The zero-order valence-electron chi connectivity index (χ0n) is 13.0. The monoisotopic (exact) mass is 373 g/mol. The van der Waals surface area contributed by atoms with Crippen LogP contribution in [0.2, 0.25) is 5.02 Å². The molecule has 1 aromatic heterocycles. The molecule has 0 aliphatic carbocycles. The summed E-state index contributed by atoms with van der Waals surface area (Å²) in [7, 11) is 0. The number of alkyl halides is 2. The second kappa shape index (κ2) is 7.98. The summed E-state index contributed by atoms with van der Waals surface area (Å²) in [5.74, 6) is -1.84. The van der Waals surface area contributed by atoms with Crippen LogP contribution in [0.15, 0.2) is 28.9 Å². The van der Waals surface area contributed by atoms with Gasteiger partial charge in [0, 0.05) is 22.7 Å². The summed E-state index contributed by atoms with van der Waals surface area (Å²) >= 11 is 5.84. The lowest BCUT2D eigenvalue weighted by Crippen LogP contribution is -2.25. The van der Waals surface area contributed by atoms with Crippen LogP contribution in [0.25, 0.3) is 0 Å². The zero-order chi connectivity index (χ0) is 18.6. The fourth-order valence-electron chi connectivity index (χ4n) is 2.23. The maximum absolute atomic E-state index is 12.4.